The monoisotopic (exact) mass is 375 g/mol. The molecule has 2 rings (SSSR count). The number of halogens is 5. The van der Waals surface area contributed by atoms with Gasteiger partial charge in [0.15, 0.2) is 0 Å². The number of hydrogen-bond acceptors (Lipinski definition) is 1. The molecule has 0 aliphatic rings. The maximum Gasteiger partial charge on any atom is 0.416 e. The van der Waals surface area contributed by atoms with Crippen molar-refractivity contribution in [2.75, 3.05) is 5.32 Å². The third-order valence-corrected chi connectivity index (χ3v) is 3.65. The van der Waals surface area contributed by atoms with Crippen LogP contribution in [-0.4, -0.2) is 5.91 Å². The molecule has 2 nitrogen and oxygen atoms in total. The van der Waals surface area contributed by atoms with Gasteiger partial charge < -0.3 is 5.32 Å². The molecule has 0 saturated carbocycles. The van der Waals surface area contributed by atoms with Crippen molar-refractivity contribution in [3.8, 4) is 0 Å². The fraction of sp³-hybridized carbons (Fsp3) is 0.133. The first kappa shape index (κ1) is 16.5. The van der Waals surface area contributed by atoms with Crippen LogP contribution in [0.5, 0.6) is 0 Å². The summed E-state index contributed by atoms with van der Waals surface area (Å²) in [5, 5.41) is 2.27. The molecule has 0 aliphatic heterocycles. The molecular weight excluding hydrogens is 366 g/mol. The average Bonchev–Trinajstić information content (AvgIpc) is 2.39. The van der Waals surface area contributed by atoms with E-state index in [-0.39, 0.29) is 21.3 Å². The van der Waals surface area contributed by atoms with Gasteiger partial charge in [-0.1, -0.05) is 12.1 Å². The Labute approximate surface area is 132 Å². The molecule has 0 spiro atoms. The van der Waals surface area contributed by atoms with Gasteiger partial charge in [0.2, 0.25) is 0 Å². The van der Waals surface area contributed by atoms with E-state index in [0.717, 1.165) is 12.1 Å². The third kappa shape index (κ3) is 3.47. The van der Waals surface area contributed by atoms with Crippen LogP contribution in [0, 0.1) is 12.7 Å². The summed E-state index contributed by atoms with van der Waals surface area (Å²) in [6.07, 6.45) is -4.52. The van der Waals surface area contributed by atoms with Gasteiger partial charge in [-0.3, -0.25) is 4.79 Å². The molecule has 7 heteroatoms. The number of anilines is 1. The zero-order valence-electron chi connectivity index (χ0n) is 11.3. The molecule has 1 amide bonds. The largest absolute Gasteiger partial charge is 0.416 e. The summed E-state index contributed by atoms with van der Waals surface area (Å²) in [4.78, 5) is 12.0. The fourth-order valence-electron chi connectivity index (χ4n) is 1.91. The van der Waals surface area contributed by atoms with E-state index in [4.69, 9.17) is 0 Å². The Hall–Kier alpha value is -1.89. The number of hydrogen-bond donors (Lipinski definition) is 1. The van der Waals surface area contributed by atoms with Gasteiger partial charge in [-0.25, -0.2) is 4.39 Å². The molecule has 0 unspecified atom stereocenters. The predicted molar refractivity (Wildman–Crippen MR) is 78.2 cm³/mol. The topological polar surface area (TPSA) is 29.1 Å². The molecule has 2 aromatic rings. The van der Waals surface area contributed by atoms with Crippen molar-refractivity contribution in [1.29, 1.82) is 0 Å². The Kier molecular flexibility index (Phi) is 4.55. The molecule has 0 atom stereocenters. The van der Waals surface area contributed by atoms with Gasteiger partial charge in [-0.05, 0) is 52.7 Å². The van der Waals surface area contributed by atoms with Crippen LogP contribution in [0.1, 0.15) is 21.5 Å². The minimum atomic E-state index is -4.52. The molecule has 0 heterocycles. The van der Waals surface area contributed by atoms with Crippen LogP contribution in [0.15, 0.2) is 40.9 Å². The Balaban J connectivity index is 2.34. The average molecular weight is 376 g/mol. The summed E-state index contributed by atoms with van der Waals surface area (Å²) in [5.74, 6) is -1.60. The highest BCUT2D eigenvalue weighted by Crippen LogP contribution is 2.33. The standard InChI is InChI=1S/C15H10BrF4NO/c1-8-5-6-9(7-10(8)15(18,19)20)21-14(22)13-11(16)3-2-4-12(13)17/h2-7H,1H3,(H,21,22). The minimum absolute atomic E-state index is 0.0394. The Morgan fingerprint density at radius 1 is 1.18 bits per heavy atom. The summed E-state index contributed by atoms with van der Waals surface area (Å²) < 4.78 is 52.4. The molecule has 22 heavy (non-hydrogen) atoms. The second-order valence-corrected chi connectivity index (χ2v) is 5.43. The molecular formula is C15H10BrF4NO. The van der Waals surface area contributed by atoms with E-state index < -0.39 is 23.5 Å². The highest BCUT2D eigenvalue weighted by Gasteiger charge is 2.32. The van der Waals surface area contributed by atoms with Crippen LogP contribution in [0.3, 0.4) is 0 Å². The fourth-order valence-corrected chi connectivity index (χ4v) is 2.44. The number of aryl methyl sites for hydroxylation is 1. The van der Waals surface area contributed by atoms with E-state index in [1.807, 2.05) is 0 Å². The normalized spacial score (nSPS) is 11.4. The van der Waals surface area contributed by atoms with Crippen molar-refractivity contribution in [3.63, 3.8) is 0 Å². The molecule has 2 aromatic carbocycles. The third-order valence-electron chi connectivity index (χ3n) is 2.99. The molecule has 0 aromatic heterocycles. The van der Waals surface area contributed by atoms with Crippen LogP contribution in [0.4, 0.5) is 23.2 Å². The number of carbonyl (C=O) groups excluding carboxylic acids is 1. The van der Waals surface area contributed by atoms with Crippen LogP contribution in [0.25, 0.3) is 0 Å². The van der Waals surface area contributed by atoms with Crippen LogP contribution in [-0.2, 0) is 6.18 Å². The Morgan fingerprint density at radius 2 is 1.86 bits per heavy atom. The van der Waals surface area contributed by atoms with E-state index in [2.05, 4.69) is 21.2 Å². The van der Waals surface area contributed by atoms with Gasteiger partial charge in [-0.15, -0.1) is 0 Å². The first-order valence-corrected chi connectivity index (χ1v) is 6.92. The molecule has 116 valence electrons. The molecule has 0 fully saturated rings. The summed E-state index contributed by atoms with van der Waals surface area (Å²) in [6, 6.07) is 7.36. The second-order valence-electron chi connectivity index (χ2n) is 4.58. The van der Waals surface area contributed by atoms with Gasteiger partial charge in [0.25, 0.3) is 5.91 Å². The minimum Gasteiger partial charge on any atom is -0.322 e. The van der Waals surface area contributed by atoms with Gasteiger partial charge >= 0.3 is 6.18 Å². The van der Waals surface area contributed by atoms with Gasteiger partial charge in [0.05, 0.1) is 11.1 Å². The quantitative estimate of drug-likeness (QED) is 0.721. The lowest BCUT2D eigenvalue weighted by Crippen LogP contribution is -2.16. The van der Waals surface area contributed by atoms with Crippen molar-refractivity contribution in [3.05, 3.63) is 63.4 Å². The molecule has 0 saturated heterocycles. The summed E-state index contributed by atoms with van der Waals surface area (Å²) in [6.45, 7) is 1.32. The molecule has 0 aliphatic carbocycles. The maximum absolute atomic E-state index is 13.7. The van der Waals surface area contributed by atoms with Crippen molar-refractivity contribution >= 4 is 27.5 Å². The Bertz CT molecular complexity index is 708. The molecule has 0 radical (unpaired) electrons. The Morgan fingerprint density at radius 3 is 2.45 bits per heavy atom. The van der Waals surface area contributed by atoms with Crippen LogP contribution < -0.4 is 5.32 Å². The zero-order chi connectivity index (χ0) is 16.5. The number of carbonyl (C=O) groups is 1. The predicted octanol–water partition coefficient (Wildman–Crippen LogP) is 5.17. The van der Waals surface area contributed by atoms with Gasteiger partial charge in [-0.2, -0.15) is 13.2 Å². The molecule has 0 bridgehead atoms. The van der Waals surface area contributed by atoms with Gasteiger partial charge in [0.1, 0.15) is 5.82 Å². The lowest BCUT2D eigenvalue weighted by Gasteiger charge is -2.13. The van der Waals surface area contributed by atoms with Crippen molar-refractivity contribution in [2.24, 2.45) is 0 Å². The number of amides is 1. The first-order chi connectivity index (χ1) is 10.2. The molecule has 1 N–H and O–H groups in total. The maximum atomic E-state index is 13.7. The van der Waals surface area contributed by atoms with E-state index in [1.54, 1.807) is 0 Å². The highest BCUT2D eigenvalue weighted by molar-refractivity contribution is 9.10. The number of alkyl halides is 3. The first-order valence-electron chi connectivity index (χ1n) is 6.13. The van der Waals surface area contributed by atoms with Gasteiger partial charge in [0, 0.05) is 10.2 Å². The smallest absolute Gasteiger partial charge is 0.322 e. The second kappa shape index (κ2) is 6.08. The van der Waals surface area contributed by atoms with E-state index >= 15 is 0 Å². The van der Waals surface area contributed by atoms with E-state index in [1.165, 1.54) is 31.2 Å². The van der Waals surface area contributed by atoms with Crippen molar-refractivity contribution in [1.82, 2.24) is 0 Å². The SMILES string of the molecule is Cc1ccc(NC(=O)c2c(F)cccc2Br)cc1C(F)(F)F. The lowest BCUT2D eigenvalue weighted by atomic mass is 10.1. The summed E-state index contributed by atoms with van der Waals surface area (Å²) >= 11 is 3.04. The number of rotatable bonds is 2. The lowest BCUT2D eigenvalue weighted by molar-refractivity contribution is -0.138. The highest BCUT2D eigenvalue weighted by atomic mass is 79.9. The summed E-state index contributed by atoms with van der Waals surface area (Å²) in [7, 11) is 0. The summed E-state index contributed by atoms with van der Waals surface area (Å²) in [5.41, 5.74) is -1.13. The van der Waals surface area contributed by atoms with E-state index in [9.17, 15) is 22.4 Å². The number of nitrogens with one attached hydrogen (secondary N) is 1. The van der Waals surface area contributed by atoms with Crippen LogP contribution in [0.2, 0.25) is 0 Å². The van der Waals surface area contributed by atoms with E-state index in [0.29, 0.717) is 0 Å². The van der Waals surface area contributed by atoms with Crippen molar-refractivity contribution < 1.29 is 22.4 Å². The zero-order valence-corrected chi connectivity index (χ0v) is 12.8. The van der Waals surface area contributed by atoms with Crippen molar-refractivity contribution in [2.45, 2.75) is 13.1 Å². The van der Waals surface area contributed by atoms with Crippen LogP contribution >= 0.6 is 15.9 Å². The number of benzene rings is 2.